The Labute approximate surface area is 155 Å². The van der Waals surface area contributed by atoms with Gasteiger partial charge in [-0.1, -0.05) is 43.7 Å². The van der Waals surface area contributed by atoms with Crippen molar-refractivity contribution in [3.05, 3.63) is 35.4 Å². The highest BCUT2D eigenvalue weighted by Crippen LogP contribution is 2.28. The van der Waals surface area contributed by atoms with Crippen molar-refractivity contribution in [2.24, 2.45) is 5.92 Å². The van der Waals surface area contributed by atoms with Gasteiger partial charge in [0.05, 0.1) is 0 Å². The minimum Gasteiger partial charge on any atom is -0.352 e. The molecular weight excluding hydrogens is 330 g/mol. The van der Waals surface area contributed by atoms with Crippen molar-refractivity contribution in [1.29, 1.82) is 0 Å². The summed E-state index contributed by atoms with van der Waals surface area (Å²) in [5, 5.41) is 5.59. The number of carbonyl (C=O) groups is 3. The van der Waals surface area contributed by atoms with Crippen molar-refractivity contribution in [3.63, 3.8) is 0 Å². The van der Waals surface area contributed by atoms with Crippen molar-refractivity contribution < 1.29 is 14.4 Å². The largest absolute Gasteiger partial charge is 0.352 e. The number of hydrogen-bond acceptors (Lipinski definition) is 3. The molecule has 4 amide bonds. The molecule has 0 radical (unpaired) electrons. The Morgan fingerprint density at radius 2 is 1.77 bits per heavy atom. The van der Waals surface area contributed by atoms with E-state index in [4.69, 9.17) is 0 Å². The molecule has 1 fully saturated rings. The molecule has 142 valence electrons. The number of imide groups is 1. The maximum absolute atomic E-state index is 12.8. The number of urea groups is 1. The molecule has 1 aliphatic heterocycles. The monoisotopic (exact) mass is 359 g/mol. The van der Waals surface area contributed by atoms with Crippen LogP contribution in [0.4, 0.5) is 4.79 Å². The number of carbonyl (C=O) groups excluding carboxylic acids is 3. The van der Waals surface area contributed by atoms with E-state index < -0.39 is 17.5 Å². The van der Waals surface area contributed by atoms with Gasteiger partial charge in [-0.25, -0.2) is 4.79 Å². The van der Waals surface area contributed by atoms with Gasteiger partial charge in [0, 0.05) is 6.04 Å². The van der Waals surface area contributed by atoms with Crippen molar-refractivity contribution in [2.75, 3.05) is 6.54 Å². The summed E-state index contributed by atoms with van der Waals surface area (Å²) in [5.41, 5.74) is 0.629. The van der Waals surface area contributed by atoms with Crippen molar-refractivity contribution in [3.8, 4) is 0 Å². The Morgan fingerprint density at radius 3 is 2.35 bits per heavy atom. The van der Waals surface area contributed by atoms with E-state index in [9.17, 15) is 14.4 Å². The second-order valence-corrected chi connectivity index (χ2v) is 7.75. The lowest BCUT2D eigenvalue weighted by molar-refractivity contribution is -0.135. The van der Waals surface area contributed by atoms with E-state index >= 15 is 0 Å². The summed E-state index contributed by atoms with van der Waals surface area (Å²) in [4.78, 5) is 38.4. The second-order valence-electron chi connectivity index (χ2n) is 7.75. The van der Waals surface area contributed by atoms with E-state index in [1.165, 1.54) is 0 Å². The Kier molecular flexibility index (Phi) is 6.05. The summed E-state index contributed by atoms with van der Waals surface area (Å²) >= 11 is 0. The Hall–Kier alpha value is -2.37. The van der Waals surface area contributed by atoms with Gasteiger partial charge in [-0.2, -0.15) is 0 Å². The Bertz CT molecular complexity index is 684. The van der Waals surface area contributed by atoms with E-state index in [0.717, 1.165) is 23.3 Å². The minimum absolute atomic E-state index is 0.00847. The summed E-state index contributed by atoms with van der Waals surface area (Å²) < 4.78 is 0. The van der Waals surface area contributed by atoms with Crippen molar-refractivity contribution >= 4 is 17.8 Å². The summed E-state index contributed by atoms with van der Waals surface area (Å²) in [6.45, 7) is 9.56. The molecule has 6 heteroatoms. The van der Waals surface area contributed by atoms with Crippen LogP contribution in [0.3, 0.4) is 0 Å². The van der Waals surface area contributed by atoms with E-state index in [1.54, 1.807) is 6.92 Å². The van der Waals surface area contributed by atoms with Gasteiger partial charge >= 0.3 is 6.03 Å². The Morgan fingerprint density at radius 1 is 1.15 bits per heavy atom. The van der Waals surface area contributed by atoms with E-state index in [1.807, 2.05) is 38.1 Å². The molecular formula is C20H29N3O3. The highest BCUT2D eigenvalue weighted by Gasteiger charge is 2.49. The lowest BCUT2D eigenvalue weighted by atomic mass is 9.91. The first kappa shape index (κ1) is 19.9. The van der Waals surface area contributed by atoms with Crippen LogP contribution in [-0.4, -0.2) is 35.3 Å². The lowest BCUT2D eigenvalue weighted by Gasteiger charge is -2.22. The van der Waals surface area contributed by atoms with Crippen LogP contribution in [0.1, 0.15) is 51.7 Å². The average molecular weight is 359 g/mol. The molecule has 1 aromatic rings. The maximum atomic E-state index is 12.8. The number of amides is 4. The van der Waals surface area contributed by atoms with Crippen LogP contribution < -0.4 is 10.6 Å². The lowest BCUT2D eigenvalue weighted by Crippen LogP contribution is -2.45. The zero-order valence-electron chi connectivity index (χ0n) is 16.3. The summed E-state index contributed by atoms with van der Waals surface area (Å²) in [6.07, 6.45) is 1.88. The van der Waals surface area contributed by atoms with Gasteiger partial charge in [0.1, 0.15) is 12.1 Å². The topological polar surface area (TPSA) is 78.5 Å². The third kappa shape index (κ3) is 4.42. The first-order valence-corrected chi connectivity index (χ1v) is 9.14. The molecule has 2 atom stereocenters. The molecule has 26 heavy (non-hydrogen) atoms. The first-order chi connectivity index (χ1) is 12.1. The van der Waals surface area contributed by atoms with Crippen LogP contribution in [0.15, 0.2) is 24.3 Å². The van der Waals surface area contributed by atoms with Crippen LogP contribution in [0.5, 0.6) is 0 Å². The third-order valence-electron chi connectivity index (χ3n) is 4.79. The van der Waals surface area contributed by atoms with Gasteiger partial charge in [0.2, 0.25) is 5.91 Å². The van der Waals surface area contributed by atoms with Gasteiger partial charge in [-0.3, -0.25) is 14.5 Å². The van der Waals surface area contributed by atoms with Crippen LogP contribution >= 0.6 is 0 Å². The normalized spacial score (nSPS) is 21.1. The molecule has 0 aromatic heterocycles. The molecule has 6 nitrogen and oxygen atoms in total. The standard InChI is InChI=1S/C20H29N3O3/c1-13(2)6-9-15(4)21-17(24)12-23-18(25)20(5,22-19(23)26)16-10-7-14(3)8-11-16/h7-8,10-11,13,15H,6,9,12H2,1-5H3,(H,21,24)(H,22,26)/t15-,20-/m0/s1. The number of rotatable bonds is 7. The predicted octanol–water partition coefficient (Wildman–Crippen LogP) is 2.70. The first-order valence-electron chi connectivity index (χ1n) is 9.14. The number of hydrogen-bond donors (Lipinski definition) is 2. The molecule has 0 saturated carbocycles. The predicted molar refractivity (Wildman–Crippen MR) is 100 cm³/mol. The quantitative estimate of drug-likeness (QED) is 0.735. The Balaban J connectivity index is 2.02. The number of benzene rings is 1. The molecule has 0 unspecified atom stereocenters. The molecule has 0 aliphatic carbocycles. The molecule has 0 bridgehead atoms. The van der Waals surface area contributed by atoms with Crippen LogP contribution in [0.2, 0.25) is 0 Å². The smallest absolute Gasteiger partial charge is 0.325 e. The van der Waals surface area contributed by atoms with Crippen molar-refractivity contribution in [1.82, 2.24) is 15.5 Å². The summed E-state index contributed by atoms with van der Waals surface area (Å²) in [5.74, 6) is -0.162. The van der Waals surface area contributed by atoms with Gasteiger partial charge in [0.25, 0.3) is 5.91 Å². The maximum Gasteiger partial charge on any atom is 0.325 e. The SMILES string of the molecule is Cc1ccc([C@]2(C)NC(=O)N(CC(=O)N[C@@H](C)CCC(C)C)C2=O)cc1. The molecule has 2 N–H and O–H groups in total. The zero-order valence-corrected chi connectivity index (χ0v) is 16.3. The highest BCUT2D eigenvalue weighted by atomic mass is 16.2. The molecule has 2 rings (SSSR count). The fraction of sp³-hybridized carbons (Fsp3) is 0.550. The van der Waals surface area contributed by atoms with Crippen LogP contribution in [0.25, 0.3) is 0 Å². The fourth-order valence-corrected chi connectivity index (χ4v) is 3.04. The fourth-order valence-electron chi connectivity index (χ4n) is 3.04. The van der Waals surface area contributed by atoms with Gasteiger partial charge in [-0.05, 0) is 45.1 Å². The van der Waals surface area contributed by atoms with Gasteiger partial charge in [0.15, 0.2) is 0 Å². The van der Waals surface area contributed by atoms with Gasteiger partial charge < -0.3 is 10.6 Å². The molecule has 1 aliphatic rings. The van der Waals surface area contributed by atoms with Gasteiger partial charge in [-0.15, -0.1) is 0 Å². The molecule has 0 spiro atoms. The number of nitrogens with zero attached hydrogens (tertiary/aromatic N) is 1. The van der Waals surface area contributed by atoms with Crippen molar-refractivity contribution in [2.45, 2.75) is 59.0 Å². The average Bonchev–Trinajstić information content (AvgIpc) is 2.77. The van der Waals surface area contributed by atoms with Crippen LogP contribution in [-0.2, 0) is 15.1 Å². The molecule has 1 aromatic carbocycles. The number of nitrogens with one attached hydrogen (secondary N) is 2. The van der Waals surface area contributed by atoms with E-state index in [0.29, 0.717) is 11.5 Å². The van der Waals surface area contributed by atoms with E-state index in [2.05, 4.69) is 24.5 Å². The highest BCUT2D eigenvalue weighted by molar-refractivity contribution is 6.09. The second kappa shape index (κ2) is 7.89. The third-order valence-corrected chi connectivity index (χ3v) is 4.79. The zero-order chi connectivity index (χ0) is 19.5. The van der Waals surface area contributed by atoms with Crippen LogP contribution in [0, 0.1) is 12.8 Å². The molecule has 1 saturated heterocycles. The van der Waals surface area contributed by atoms with E-state index in [-0.39, 0.29) is 18.5 Å². The number of aryl methyl sites for hydroxylation is 1. The summed E-state index contributed by atoms with van der Waals surface area (Å²) in [6, 6.07) is 6.91. The molecule has 1 heterocycles. The minimum atomic E-state index is -1.14. The summed E-state index contributed by atoms with van der Waals surface area (Å²) in [7, 11) is 0.